The molecule has 2 aromatic carbocycles. The molecular formula is C20H20FN3O4S2. The predicted octanol–water partition coefficient (Wildman–Crippen LogP) is 3.14. The van der Waals surface area contributed by atoms with Gasteiger partial charge in [0.2, 0.25) is 5.91 Å². The highest BCUT2D eigenvalue weighted by molar-refractivity contribution is 7.93. The molecule has 0 N–H and O–H groups in total. The number of nitrogens with zero attached hydrogens (tertiary/aromatic N) is 3. The number of methoxy groups -OCH3 is 1. The molecule has 0 spiro atoms. The summed E-state index contributed by atoms with van der Waals surface area (Å²) in [4.78, 5) is 18.3. The summed E-state index contributed by atoms with van der Waals surface area (Å²) < 4.78 is 46.0. The second kappa shape index (κ2) is 9.23. The Morgan fingerprint density at radius 3 is 2.53 bits per heavy atom. The van der Waals surface area contributed by atoms with Crippen LogP contribution in [0.1, 0.15) is 5.56 Å². The van der Waals surface area contributed by atoms with Gasteiger partial charge in [-0.15, -0.1) is 11.3 Å². The molecule has 0 aliphatic heterocycles. The minimum Gasteiger partial charge on any atom is -0.494 e. The summed E-state index contributed by atoms with van der Waals surface area (Å²) in [6, 6.07) is 12.3. The van der Waals surface area contributed by atoms with E-state index in [1.165, 1.54) is 49.5 Å². The Morgan fingerprint density at radius 2 is 1.93 bits per heavy atom. The van der Waals surface area contributed by atoms with Gasteiger partial charge in [0.05, 0.1) is 12.0 Å². The molecule has 7 nitrogen and oxygen atoms in total. The van der Waals surface area contributed by atoms with Gasteiger partial charge in [-0.3, -0.25) is 4.79 Å². The van der Waals surface area contributed by atoms with Gasteiger partial charge in [0.15, 0.2) is 16.7 Å². The number of thiazole rings is 1. The quantitative estimate of drug-likeness (QED) is 0.528. The summed E-state index contributed by atoms with van der Waals surface area (Å²) in [6.07, 6.45) is 1.47. The van der Waals surface area contributed by atoms with Gasteiger partial charge in [0.25, 0.3) is 10.0 Å². The molecular weight excluding hydrogens is 429 g/mol. The Kier molecular flexibility index (Phi) is 6.68. The van der Waals surface area contributed by atoms with Gasteiger partial charge in [-0.25, -0.2) is 22.1 Å². The van der Waals surface area contributed by atoms with E-state index in [2.05, 4.69) is 4.98 Å². The largest absolute Gasteiger partial charge is 0.494 e. The minimum atomic E-state index is -3.98. The highest BCUT2D eigenvalue weighted by Crippen LogP contribution is 2.26. The Morgan fingerprint density at radius 1 is 1.20 bits per heavy atom. The molecule has 0 aliphatic carbocycles. The van der Waals surface area contributed by atoms with Crippen molar-refractivity contribution in [2.24, 2.45) is 0 Å². The van der Waals surface area contributed by atoms with E-state index in [1.807, 2.05) is 0 Å². The van der Waals surface area contributed by atoms with Crippen LogP contribution >= 0.6 is 11.3 Å². The number of carbonyl (C=O) groups is 1. The third-order valence-electron chi connectivity index (χ3n) is 4.30. The molecule has 0 atom stereocenters. The number of amides is 1. The second-order valence-electron chi connectivity index (χ2n) is 6.36. The van der Waals surface area contributed by atoms with E-state index in [0.717, 1.165) is 15.6 Å². The Balaban J connectivity index is 1.81. The number of halogens is 1. The van der Waals surface area contributed by atoms with Crippen LogP contribution in [0, 0.1) is 5.82 Å². The van der Waals surface area contributed by atoms with Crippen LogP contribution in [-0.2, 0) is 21.4 Å². The average molecular weight is 450 g/mol. The lowest BCUT2D eigenvalue weighted by Crippen LogP contribution is -2.41. The molecule has 3 aromatic rings. The molecule has 0 unspecified atom stereocenters. The molecule has 3 rings (SSSR count). The summed E-state index contributed by atoms with van der Waals surface area (Å²) in [5, 5.41) is 1.83. The van der Waals surface area contributed by atoms with Crippen LogP contribution in [0.5, 0.6) is 5.75 Å². The maximum atomic E-state index is 13.9. The molecule has 0 bridgehead atoms. The monoisotopic (exact) mass is 449 g/mol. The molecule has 0 aliphatic rings. The van der Waals surface area contributed by atoms with E-state index in [0.29, 0.717) is 5.56 Å². The maximum Gasteiger partial charge on any atom is 0.266 e. The number of benzene rings is 2. The van der Waals surface area contributed by atoms with Gasteiger partial charge in [-0.1, -0.05) is 24.3 Å². The first-order valence-electron chi connectivity index (χ1n) is 8.86. The molecule has 10 heteroatoms. The van der Waals surface area contributed by atoms with Gasteiger partial charge >= 0.3 is 0 Å². The summed E-state index contributed by atoms with van der Waals surface area (Å²) >= 11 is 1.12. The summed E-state index contributed by atoms with van der Waals surface area (Å²) in [5.41, 5.74) is 0.552. The van der Waals surface area contributed by atoms with Crippen molar-refractivity contribution in [2.45, 2.75) is 11.4 Å². The number of aromatic nitrogens is 1. The highest BCUT2D eigenvalue weighted by Gasteiger charge is 2.29. The minimum absolute atomic E-state index is 0.0629. The first-order chi connectivity index (χ1) is 14.3. The van der Waals surface area contributed by atoms with Crippen molar-refractivity contribution in [2.75, 3.05) is 25.0 Å². The van der Waals surface area contributed by atoms with Gasteiger partial charge in [-0.05, 0) is 29.8 Å². The lowest BCUT2D eigenvalue weighted by atomic mass is 10.2. The van der Waals surface area contributed by atoms with Crippen LogP contribution in [-0.4, -0.2) is 44.9 Å². The van der Waals surface area contributed by atoms with Crippen molar-refractivity contribution in [3.63, 3.8) is 0 Å². The fourth-order valence-corrected chi connectivity index (χ4v) is 4.99. The highest BCUT2D eigenvalue weighted by atomic mass is 32.2. The average Bonchev–Trinajstić information content (AvgIpc) is 3.26. The molecule has 0 saturated heterocycles. The van der Waals surface area contributed by atoms with Gasteiger partial charge in [-0.2, -0.15) is 0 Å². The predicted molar refractivity (Wildman–Crippen MR) is 113 cm³/mol. The lowest BCUT2D eigenvalue weighted by Gasteiger charge is -2.24. The van der Waals surface area contributed by atoms with E-state index >= 15 is 0 Å². The molecule has 1 heterocycles. The molecule has 1 amide bonds. The summed E-state index contributed by atoms with van der Waals surface area (Å²) in [6.45, 7) is -0.323. The van der Waals surface area contributed by atoms with Gasteiger partial charge < -0.3 is 9.64 Å². The molecule has 0 radical (unpaired) electrons. The van der Waals surface area contributed by atoms with Crippen LogP contribution in [0.3, 0.4) is 0 Å². The van der Waals surface area contributed by atoms with Crippen molar-refractivity contribution in [1.82, 2.24) is 9.88 Å². The van der Waals surface area contributed by atoms with Crippen LogP contribution < -0.4 is 9.04 Å². The van der Waals surface area contributed by atoms with Crippen molar-refractivity contribution in [3.05, 3.63) is 71.5 Å². The molecule has 30 heavy (non-hydrogen) atoms. The zero-order valence-corrected chi connectivity index (χ0v) is 18.0. The van der Waals surface area contributed by atoms with E-state index in [-0.39, 0.29) is 22.3 Å². The van der Waals surface area contributed by atoms with Crippen molar-refractivity contribution in [3.8, 4) is 5.75 Å². The number of anilines is 1. The van der Waals surface area contributed by atoms with Crippen molar-refractivity contribution in [1.29, 1.82) is 0 Å². The van der Waals surface area contributed by atoms with E-state index in [9.17, 15) is 17.6 Å². The number of likely N-dealkylation sites (N-methyl/N-ethyl adjacent to an activating group) is 1. The smallest absolute Gasteiger partial charge is 0.266 e. The number of carbonyl (C=O) groups excluding carboxylic acids is 1. The maximum absolute atomic E-state index is 13.9. The zero-order chi connectivity index (χ0) is 21.7. The number of hydrogen-bond acceptors (Lipinski definition) is 6. The van der Waals surface area contributed by atoms with E-state index in [4.69, 9.17) is 4.74 Å². The summed E-state index contributed by atoms with van der Waals surface area (Å²) in [7, 11) is -1.09. The topological polar surface area (TPSA) is 79.8 Å². The standard InChI is InChI=1S/C20H20FN3O4S2/c1-23(13-15-8-9-18(28-2)17(21)12-15)19(25)14-24(20-22-10-11-29-20)30(26,27)16-6-4-3-5-7-16/h3-12H,13-14H2,1-2H3. The van der Waals surface area contributed by atoms with Gasteiger partial charge in [0.1, 0.15) is 6.54 Å². The van der Waals surface area contributed by atoms with Crippen LogP contribution in [0.25, 0.3) is 0 Å². The second-order valence-corrected chi connectivity index (χ2v) is 9.09. The van der Waals surface area contributed by atoms with Crippen LogP contribution in [0.2, 0.25) is 0 Å². The Hall–Kier alpha value is -2.98. The van der Waals surface area contributed by atoms with Crippen molar-refractivity contribution < 1.29 is 22.3 Å². The SMILES string of the molecule is COc1ccc(CN(C)C(=O)CN(c2nccs2)S(=O)(=O)c2ccccc2)cc1F. The van der Waals surface area contributed by atoms with Crippen molar-refractivity contribution >= 4 is 32.4 Å². The summed E-state index contributed by atoms with van der Waals surface area (Å²) in [5.74, 6) is -0.885. The fraction of sp³-hybridized carbons (Fsp3) is 0.200. The zero-order valence-electron chi connectivity index (χ0n) is 16.4. The molecule has 1 aromatic heterocycles. The van der Waals surface area contributed by atoms with E-state index in [1.54, 1.807) is 29.6 Å². The van der Waals surface area contributed by atoms with E-state index < -0.39 is 28.3 Å². The number of sulfonamides is 1. The normalized spacial score (nSPS) is 11.2. The lowest BCUT2D eigenvalue weighted by molar-refractivity contribution is -0.128. The molecule has 158 valence electrons. The molecule has 0 saturated carbocycles. The third-order valence-corrected chi connectivity index (χ3v) is 6.96. The van der Waals surface area contributed by atoms with Crippen LogP contribution in [0.15, 0.2) is 65.0 Å². The number of hydrogen-bond donors (Lipinski definition) is 0. The first-order valence-corrected chi connectivity index (χ1v) is 11.2. The Labute approximate surface area is 178 Å². The number of ether oxygens (including phenoxy) is 1. The Bertz CT molecular complexity index is 1110. The number of rotatable bonds is 8. The van der Waals surface area contributed by atoms with Crippen LogP contribution in [0.4, 0.5) is 9.52 Å². The first kappa shape index (κ1) is 21.7. The third kappa shape index (κ3) is 4.77. The van der Waals surface area contributed by atoms with Gasteiger partial charge in [0, 0.05) is 25.2 Å². The fourth-order valence-electron chi connectivity index (χ4n) is 2.73. The molecule has 0 fully saturated rings.